The molecule has 0 spiro atoms. The lowest BCUT2D eigenvalue weighted by atomic mass is 10.1. The molecule has 3 nitrogen and oxygen atoms in total. The molecule has 98 valence electrons. The highest BCUT2D eigenvalue weighted by Gasteiger charge is 2.17. The largest absolute Gasteiger partial charge is 0.395 e. The van der Waals surface area contributed by atoms with Gasteiger partial charge in [-0.2, -0.15) is 0 Å². The molecule has 0 unspecified atom stereocenters. The third kappa shape index (κ3) is 4.11. The van der Waals surface area contributed by atoms with Gasteiger partial charge in [0.25, 0.3) is 0 Å². The molecule has 1 aliphatic rings. The number of nitrogens with zero attached hydrogens (tertiary/aromatic N) is 1. The first-order valence-electron chi connectivity index (χ1n) is 6.35. The Kier molecular flexibility index (Phi) is 5.21. The summed E-state index contributed by atoms with van der Waals surface area (Å²) >= 11 is 1.73. The Hall–Kier alpha value is -0.860. The number of thiophene rings is 1. The molecule has 0 atom stereocenters. The van der Waals surface area contributed by atoms with Crippen molar-refractivity contribution in [2.75, 3.05) is 19.7 Å². The molecule has 0 radical (unpaired) electrons. The summed E-state index contributed by atoms with van der Waals surface area (Å²) in [6.45, 7) is 3.04. The molecular formula is C14H19NO2S. The molecule has 4 heteroatoms. The third-order valence-corrected chi connectivity index (χ3v) is 3.98. The molecule has 18 heavy (non-hydrogen) atoms. The monoisotopic (exact) mass is 265 g/mol. The topological polar surface area (TPSA) is 43.7 Å². The van der Waals surface area contributed by atoms with Crippen LogP contribution in [0.15, 0.2) is 11.4 Å². The lowest BCUT2D eigenvalue weighted by Crippen LogP contribution is -2.35. The number of hydrogen-bond acceptors (Lipinski definition) is 4. The lowest BCUT2D eigenvalue weighted by molar-refractivity contribution is 0.0797. The summed E-state index contributed by atoms with van der Waals surface area (Å²) in [5.74, 6) is 5.99. The fraction of sp³-hybridized carbons (Fsp3) is 0.571. The molecule has 0 aromatic carbocycles. The van der Waals surface area contributed by atoms with E-state index in [2.05, 4.69) is 28.2 Å². The third-order valence-electron chi connectivity index (χ3n) is 3.06. The van der Waals surface area contributed by atoms with Gasteiger partial charge in [0, 0.05) is 41.9 Å². The predicted octanol–water partition coefficient (Wildman–Crippen LogP) is 1.44. The summed E-state index contributed by atoms with van der Waals surface area (Å²) in [6.07, 6.45) is 2.20. The molecule has 1 saturated heterocycles. The van der Waals surface area contributed by atoms with Crippen molar-refractivity contribution in [3.8, 4) is 11.8 Å². The quantitative estimate of drug-likeness (QED) is 0.813. The van der Waals surface area contributed by atoms with E-state index >= 15 is 0 Å². The number of rotatable bonds is 3. The average Bonchev–Trinajstić information content (AvgIpc) is 2.80. The van der Waals surface area contributed by atoms with E-state index in [1.807, 2.05) is 0 Å². The molecule has 0 saturated carbocycles. The zero-order valence-electron chi connectivity index (χ0n) is 10.4. The van der Waals surface area contributed by atoms with Crippen LogP contribution in [0.25, 0.3) is 0 Å². The Morgan fingerprint density at radius 1 is 1.39 bits per heavy atom. The Morgan fingerprint density at radius 2 is 2.17 bits per heavy atom. The van der Waals surface area contributed by atoms with E-state index in [1.54, 1.807) is 11.3 Å². The fourth-order valence-electron chi connectivity index (χ4n) is 2.05. The van der Waals surface area contributed by atoms with Crippen molar-refractivity contribution in [2.24, 2.45) is 0 Å². The van der Waals surface area contributed by atoms with E-state index in [1.165, 1.54) is 4.88 Å². The normalized spacial score (nSPS) is 17.4. The van der Waals surface area contributed by atoms with Crippen molar-refractivity contribution in [3.05, 3.63) is 21.9 Å². The van der Waals surface area contributed by atoms with Crippen molar-refractivity contribution in [1.82, 2.24) is 4.90 Å². The highest BCUT2D eigenvalue weighted by molar-refractivity contribution is 7.10. The van der Waals surface area contributed by atoms with Crippen LogP contribution in [0.2, 0.25) is 0 Å². The number of hydrogen-bond donors (Lipinski definition) is 2. The first kappa shape index (κ1) is 13.6. The van der Waals surface area contributed by atoms with Crippen molar-refractivity contribution in [2.45, 2.75) is 31.9 Å². The van der Waals surface area contributed by atoms with Gasteiger partial charge in [-0.05, 0) is 18.9 Å². The Balaban J connectivity index is 1.85. The second-order valence-electron chi connectivity index (χ2n) is 4.58. The van der Waals surface area contributed by atoms with Crippen molar-refractivity contribution in [1.29, 1.82) is 0 Å². The van der Waals surface area contributed by atoms with Crippen LogP contribution in [0.1, 0.15) is 29.7 Å². The smallest absolute Gasteiger partial charge is 0.0564 e. The van der Waals surface area contributed by atoms with E-state index in [9.17, 15) is 5.11 Å². The van der Waals surface area contributed by atoms with Crippen LogP contribution in [-0.2, 0) is 6.54 Å². The van der Waals surface area contributed by atoms with Gasteiger partial charge in [0.05, 0.1) is 12.7 Å². The fourth-order valence-corrected chi connectivity index (χ4v) is 2.90. The van der Waals surface area contributed by atoms with Gasteiger partial charge in [-0.15, -0.1) is 11.3 Å². The van der Waals surface area contributed by atoms with Crippen LogP contribution < -0.4 is 0 Å². The standard InChI is InChI=1S/C14H19NO2S/c16-8-2-1-3-12-9-14(18-11-12)10-15-6-4-13(17)5-7-15/h9,11,13,16-17H,2,4-8,10H2. The van der Waals surface area contributed by atoms with Crippen molar-refractivity contribution >= 4 is 11.3 Å². The van der Waals surface area contributed by atoms with E-state index in [4.69, 9.17) is 5.11 Å². The van der Waals surface area contributed by atoms with Crippen LogP contribution in [0.4, 0.5) is 0 Å². The summed E-state index contributed by atoms with van der Waals surface area (Å²) < 4.78 is 0. The summed E-state index contributed by atoms with van der Waals surface area (Å²) in [7, 11) is 0. The SMILES string of the molecule is OCCC#Cc1csc(CN2CCC(O)CC2)c1. The van der Waals surface area contributed by atoms with Gasteiger partial charge < -0.3 is 10.2 Å². The Morgan fingerprint density at radius 3 is 2.89 bits per heavy atom. The maximum Gasteiger partial charge on any atom is 0.0564 e. The number of piperidine rings is 1. The maximum atomic E-state index is 9.45. The van der Waals surface area contributed by atoms with Gasteiger partial charge in [-0.1, -0.05) is 11.8 Å². The second-order valence-corrected chi connectivity index (χ2v) is 5.58. The predicted molar refractivity (Wildman–Crippen MR) is 73.4 cm³/mol. The average molecular weight is 265 g/mol. The molecule has 1 aromatic rings. The minimum Gasteiger partial charge on any atom is -0.395 e. The molecule has 1 fully saturated rings. The first-order valence-corrected chi connectivity index (χ1v) is 7.23. The number of likely N-dealkylation sites (tertiary alicyclic amines) is 1. The van der Waals surface area contributed by atoms with E-state index in [-0.39, 0.29) is 12.7 Å². The molecule has 2 N–H and O–H groups in total. The van der Waals surface area contributed by atoms with Crippen LogP contribution >= 0.6 is 11.3 Å². The molecule has 1 aromatic heterocycles. The van der Waals surface area contributed by atoms with E-state index < -0.39 is 0 Å². The van der Waals surface area contributed by atoms with Crippen LogP contribution in [-0.4, -0.2) is 40.9 Å². The van der Waals surface area contributed by atoms with Gasteiger partial charge in [-0.25, -0.2) is 0 Å². The van der Waals surface area contributed by atoms with Gasteiger partial charge in [-0.3, -0.25) is 4.90 Å². The zero-order valence-corrected chi connectivity index (χ0v) is 11.2. The summed E-state index contributed by atoms with van der Waals surface area (Å²) in [4.78, 5) is 3.70. The van der Waals surface area contributed by atoms with Gasteiger partial charge in [0.1, 0.15) is 0 Å². The molecule has 0 bridgehead atoms. The van der Waals surface area contributed by atoms with Crippen molar-refractivity contribution < 1.29 is 10.2 Å². The molecule has 2 heterocycles. The minimum absolute atomic E-state index is 0.107. The van der Waals surface area contributed by atoms with Crippen LogP contribution in [0.5, 0.6) is 0 Å². The lowest BCUT2D eigenvalue weighted by Gasteiger charge is -2.28. The Labute approximate surface area is 112 Å². The molecule has 2 rings (SSSR count). The van der Waals surface area contributed by atoms with Gasteiger partial charge in [0.15, 0.2) is 0 Å². The second kappa shape index (κ2) is 6.91. The molecule has 1 aliphatic heterocycles. The van der Waals surface area contributed by atoms with Crippen molar-refractivity contribution in [3.63, 3.8) is 0 Å². The summed E-state index contributed by atoms with van der Waals surface area (Å²) in [6, 6.07) is 2.13. The number of aliphatic hydroxyl groups excluding tert-OH is 2. The van der Waals surface area contributed by atoms with E-state index in [0.717, 1.165) is 38.0 Å². The van der Waals surface area contributed by atoms with Gasteiger partial charge >= 0.3 is 0 Å². The molecule has 0 aliphatic carbocycles. The number of aliphatic hydroxyl groups is 2. The van der Waals surface area contributed by atoms with Gasteiger partial charge in [0.2, 0.25) is 0 Å². The zero-order chi connectivity index (χ0) is 12.8. The minimum atomic E-state index is -0.107. The highest BCUT2D eigenvalue weighted by Crippen LogP contribution is 2.19. The maximum absolute atomic E-state index is 9.45. The highest BCUT2D eigenvalue weighted by atomic mass is 32.1. The van der Waals surface area contributed by atoms with E-state index in [0.29, 0.717) is 6.42 Å². The summed E-state index contributed by atoms with van der Waals surface area (Å²) in [5, 5.41) is 20.2. The molecular weight excluding hydrogens is 246 g/mol. The van der Waals surface area contributed by atoms with Crippen LogP contribution in [0, 0.1) is 11.8 Å². The molecule has 0 amide bonds. The Bertz CT molecular complexity index is 424. The summed E-state index contributed by atoms with van der Waals surface area (Å²) in [5.41, 5.74) is 1.04. The van der Waals surface area contributed by atoms with Crippen LogP contribution in [0.3, 0.4) is 0 Å². The first-order chi connectivity index (χ1) is 8.78.